The number of rotatable bonds is 2. The van der Waals surface area contributed by atoms with Crippen molar-refractivity contribution in [3.63, 3.8) is 0 Å². The summed E-state index contributed by atoms with van der Waals surface area (Å²) in [5.41, 5.74) is 5.49. The molecule has 1 aromatic heterocycles. The van der Waals surface area contributed by atoms with Gasteiger partial charge in [-0.1, -0.05) is 5.16 Å². The van der Waals surface area contributed by atoms with Crippen LogP contribution in [0.15, 0.2) is 23.5 Å². The molecule has 0 unspecified atom stereocenters. The van der Waals surface area contributed by atoms with E-state index >= 15 is 0 Å². The highest BCUT2D eigenvalue weighted by molar-refractivity contribution is 5.99. The van der Waals surface area contributed by atoms with Gasteiger partial charge in [0.05, 0.1) is 6.21 Å². The number of hydrogen-bond acceptors (Lipinski definition) is 4. The molecule has 0 spiro atoms. The van der Waals surface area contributed by atoms with Crippen molar-refractivity contribution >= 4 is 12.1 Å². The standard InChI is InChI=1S/C7H7N3O2/c8-7(11)6-5(4-10-12)2-1-3-9-6/h1-4,12H,(H2,8,11)/b10-4+. The monoisotopic (exact) mass is 165 g/mol. The number of aromatic nitrogens is 1. The van der Waals surface area contributed by atoms with Crippen LogP contribution in [0.4, 0.5) is 0 Å². The third-order valence-electron chi connectivity index (χ3n) is 1.27. The lowest BCUT2D eigenvalue weighted by molar-refractivity contribution is 0.0995. The first-order valence-electron chi connectivity index (χ1n) is 3.18. The maximum absolute atomic E-state index is 10.7. The molecule has 3 N–H and O–H groups in total. The maximum Gasteiger partial charge on any atom is 0.267 e. The van der Waals surface area contributed by atoms with Gasteiger partial charge in [0.2, 0.25) is 0 Å². The number of oxime groups is 1. The quantitative estimate of drug-likeness (QED) is 0.367. The summed E-state index contributed by atoms with van der Waals surface area (Å²) in [4.78, 5) is 14.4. The first-order chi connectivity index (χ1) is 5.75. The van der Waals surface area contributed by atoms with Gasteiger partial charge in [0, 0.05) is 11.8 Å². The Morgan fingerprint density at radius 3 is 3.08 bits per heavy atom. The molecule has 1 heterocycles. The zero-order chi connectivity index (χ0) is 8.97. The van der Waals surface area contributed by atoms with Crippen molar-refractivity contribution in [2.24, 2.45) is 10.9 Å². The van der Waals surface area contributed by atoms with E-state index in [-0.39, 0.29) is 5.69 Å². The molecule has 0 bridgehead atoms. The van der Waals surface area contributed by atoms with Crippen LogP contribution >= 0.6 is 0 Å². The molecular formula is C7H7N3O2. The third kappa shape index (κ3) is 1.57. The van der Waals surface area contributed by atoms with Crippen molar-refractivity contribution in [1.82, 2.24) is 4.98 Å². The van der Waals surface area contributed by atoms with Crippen LogP contribution in [-0.4, -0.2) is 22.3 Å². The Labute approximate surface area is 68.5 Å². The number of hydrogen-bond donors (Lipinski definition) is 2. The van der Waals surface area contributed by atoms with Gasteiger partial charge in [-0.05, 0) is 12.1 Å². The largest absolute Gasteiger partial charge is 0.411 e. The second-order valence-electron chi connectivity index (χ2n) is 2.05. The van der Waals surface area contributed by atoms with Crippen LogP contribution in [-0.2, 0) is 0 Å². The highest BCUT2D eigenvalue weighted by Gasteiger charge is 2.05. The van der Waals surface area contributed by atoms with Crippen molar-refractivity contribution in [3.05, 3.63) is 29.6 Å². The fourth-order valence-electron chi connectivity index (χ4n) is 0.790. The molecule has 62 valence electrons. The Bertz CT molecular complexity index is 322. The fourth-order valence-corrected chi connectivity index (χ4v) is 0.790. The van der Waals surface area contributed by atoms with Crippen molar-refractivity contribution in [2.75, 3.05) is 0 Å². The molecule has 0 saturated heterocycles. The zero-order valence-corrected chi connectivity index (χ0v) is 6.14. The second-order valence-corrected chi connectivity index (χ2v) is 2.05. The third-order valence-corrected chi connectivity index (χ3v) is 1.27. The van der Waals surface area contributed by atoms with E-state index in [0.29, 0.717) is 5.56 Å². The molecule has 12 heavy (non-hydrogen) atoms. The Morgan fingerprint density at radius 2 is 2.50 bits per heavy atom. The maximum atomic E-state index is 10.7. The molecule has 0 aliphatic carbocycles. The number of primary amides is 1. The normalized spacial score (nSPS) is 10.3. The first kappa shape index (κ1) is 8.19. The molecular weight excluding hydrogens is 158 g/mol. The molecule has 1 rings (SSSR count). The van der Waals surface area contributed by atoms with Gasteiger partial charge >= 0.3 is 0 Å². The van der Waals surface area contributed by atoms with Crippen LogP contribution in [0.2, 0.25) is 0 Å². The van der Waals surface area contributed by atoms with Crippen LogP contribution in [0.1, 0.15) is 16.1 Å². The van der Waals surface area contributed by atoms with Gasteiger partial charge in [-0.2, -0.15) is 0 Å². The fraction of sp³-hybridized carbons (Fsp3) is 0. The van der Waals surface area contributed by atoms with Crippen molar-refractivity contribution in [3.8, 4) is 0 Å². The average Bonchev–Trinajstić information content (AvgIpc) is 2.05. The first-order valence-corrected chi connectivity index (χ1v) is 3.18. The highest BCUT2D eigenvalue weighted by atomic mass is 16.4. The van der Waals surface area contributed by atoms with E-state index in [9.17, 15) is 4.79 Å². The molecule has 0 aliphatic heterocycles. The van der Waals surface area contributed by atoms with E-state index in [2.05, 4.69) is 10.1 Å². The zero-order valence-electron chi connectivity index (χ0n) is 6.14. The van der Waals surface area contributed by atoms with Crippen LogP contribution in [0.5, 0.6) is 0 Å². The van der Waals surface area contributed by atoms with Crippen molar-refractivity contribution in [1.29, 1.82) is 0 Å². The van der Waals surface area contributed by atoms with Crippen molar-refractivity contribution in [2.45, 2.75) is 0 Å². The summed E-state index contributed by atoms with van der Waals surface area (Å²) >= 11 is 0. The Morgan fingerprint density at radius 1 is 1.75 bits per heavy atom. The molecule has 5 nitrogen and oxygen atoms in total. The van der Waals surface area contributed by atoms with Gasteiger partial charge in [-0.15, -0.1) is 0 Å². The number of amides is 1. The number of nitrogens with two attached hydrogens (primary N) is 1. The number of pyridine rings is 1. The van der Waals surface area contributed by atoms with Gasteiger partial charge < -0.3 is 10.9 Å². The van der Waals surface area contributed by atoms with Crippen LogP contribution < -0.4 is 5.73 Å². The summed E-state index contributed by atoms with van der Waals surface area (Å²) < 4.78 is 0. The van der Waals surface area contributed by atoms with Gasteiger partial charge in [0.25, 0.3) is 5.91 Å². The van der Waals surface area contributed by atoms with E-state index < -0.39 is 5.91 Å². The predicted molar refractivity (Wildman–Crippen MR) is 42.1 cm³/mol. The summed E-state index contributed by atoms with van der Waals surface area (Å²) in [5.74, 6) is -0.648. The lowest BCUT2D eigenvalue weighted by atomic mass is 10.2. The smallest absolute Gasteiger partial charge is 0.267 e. The molecule has 0 radical (unpaired) electrons. The van der Waals surface area contributed by atoms with Crippen LogP contribution in [0.25, 0.3) is 0 Å². The second kappa shape index (κ2) is 3.47. The minimum absolute atomic E-state index is 0.0929. The Kier molecular flexibility index (Phi) is 2.37. The van der Waals surface area contributed by atoms with Crippen LogP contribution in [0, 0.1) is 0 Å². The number of carbonyl (C=O) groups excluding carboxylic acids is 1. The van der Waals surface area contributed by atoms with E-state index in [1.165, 1.54) is 6.20 Å². The molecule has 5 heteroatoms. The topological polar surface area (TPSA) is 88.6 Å². The van der Waals surface area contributed by atoms with Gasteiger partial charge in [-0.3, -0.25) is 9.78 Å². The van der Waals surface area contributed by atoms with E-state index in [1.807, 2.05) is 0 Å². The highest BCUT2D eigenvalue weighted by Crippen LogP contribution is 2.00. The summed E-state index contributed by atoms with van der Waals surface area (Å²) in [5, 5.41) is 11.0. The summed E-state index contributed by atoms with van der Waals surface area (Å²) in [6.45, 7) is 0. The SMILES string of the molecule is NC(=O)c1ncccc1/C=N/O. The Balaban J connectivity index is 3.17. The van der Waals surface area contributed by atoms with Gasteiger partial charge in [0.15, 0.2) is 0 Å². The minimum Gasteiger partial charge on any atom is -0.411 e. The molecule has 0 aliphatic rings. The number of nitrogens with zero attached hydrogens (tertiary/aromatic N) is 2. The van der Waals surface area contributed by atoms with Gasteiger partial charge in [-0.25, -0.2) is 0 Å². The van der Waals surface area contributed by atoms with Crippen LogP contribution in [0.3, 0.4) is 0 Å². The van der Waals surface area contributed by atoms with Gasteiger partial charge in [0.1, 0.15) is 5.69 Å². The lowest BCUT2D eigenvalue weighted by Crippen LogP contribution is -2.15. The summed E-state index contributed by atoms with van der Waals surface area (Å²) in [6.07, 6.45) is 2.54. The molecule has 0 atom stereocenters. The summed E-state index contributed by atoms with van der Waals surface area (Å²) in [6, 6.07) is 3.19. The van der Waals surface area contributed by atoms with Crippen molar-refractivity contribution < 1.29 is 10.0 Å². The molecule has 1 amide bonds. The molecule has 0 saturated carbocycles. The molecule has 0 fully saturated rings. The summed E-state index contributed by atoms with van der Waals surface area (Å²) in [7, 11) is 0. The van der Waals surface area contributed by atoms with E-state index in [0.717, 1.165) is 6.21 Å². The number of carbonyl (C=O) groups is 1. The average molecular weight is 165 g/mol. The minimum atomic E-state index is -0.648. The molecule has 1 aromatic rings. The predicted octanol–water partition coefficient (Wildman–Crippen LogP) is -0.0114. The molecule has 0 aromatic carbocycles. The van der Waals surface area contributed by atoms with E-state index in [4.69, 9.17) is 10.9 Å². The lowest BCUT2D eigenvalue weighted by Gasteiger charge is -1.96. The Hall–Kier alpha value is -1.91. The van der Waals surface area contributed by atoms with E-state index in [1.54, 1.807) is 12.1 Å².